The normalized spacial score (nSPS) is 14.2. The molecule has 0 aromatic carbocycles. The molecule has 1 unspecified atom stereocenters. The van der Waals surface area contributed by atoms with Crippen molar-refractivity contribution in [3.05, 3.63) is 0 Å². The Labute approximate surface area is 76.5 Å². The summed E-state index contributed by atoms with van der Waals surface area (Å²) in [6, 6.07) is 0.461. The summed E-state index contributed by atoms with van der Waals surface area (Å²) in [7, 11) is 1.98. The third kappa shape index (κ3) is 4.37. The minimum absolute atomic E-state index is 0.350. The highest BCUT2D eigenvalue weighted by Gasteiger charge is 2.18. The topological polar surface area (TPSA) is 27.1 Å². The zero-order valence-electron chi connectivity index (χ0n) is 9.23. The molecule has 1 atom stereocenters. The van der Waals surface area contributed by atoms with Gasteiger partial charge in [-0.1, -0.05) is 20.8 Å². The van der Waals surface area contributed by atoms with Gasteiger partial charge in [-0.15, -0.1) is 0 Å². The van der Waals surface area contributed by atoms with Crippen molar-refractivity contribution in [2.24, 2.45) is 5.41 Å². The Balaban J connectivity index is 4.04. The second kappa shape index (κ2) is 3.92. The largest absolute Gasteiger partial charge is 0.361 e. The summed E-state index contributed by atoms with van der Waals surface area (Å²) in [6.45, 7) is 10.7. The van der Waals surface area contributed by atoms with Crippen molar-refractivity contribution in [2.75, 3.05) is 7.05 Å². The lowest BCUT2D eigenvalue weighted by Gasteiger charge is -2.31. The fourth-order valence-electron chi connectivity index (χ4n) is 1.35. The fraction of sp³-hybridized carbons (Fsp3) is 0.900. The van der Waals surface area contributed by atoms with Crippen LogP contribution in [0.2, 0.25) is 0 Å². The molecule has 0 saturated heterocycles. The molecular formula is C10H22N2. The Morgan fingerprint density at radius 2 is 1.83 bits per heavy atom. The van der Waals surface area contributed by atoms with Crippen LogP contribution in [-0.2, 0) is 0 Å². The van der Waals surface area contributed by atoms with Crippen molar-refractivity contribution in [2.45, 2.75) is 47.1 Å². The van der Waals surface area contributed by atoms with Gasteiger partial charge in [-0.2, -0.15) is 0 Å². The number of amidine groups is 1. The first-order chi connectivity index (χ1) is 5.24. The van der Waals surface area contributed by atoms with Crippen LogP contribution in [0.25, 0.3) is 0 Å². The first kappa shape index (κ1) is 11.5. The van der Waals surface area contributed by atoms with Gasteiger partial charge in [0.15, 0.2) is 0 Å². The van der Waals surface area contributed by atoms with E-state index in [1.54, 1.807) is 0 Å². The molecule has 2 nitrogen and oxygen atoms in total. The molecule has 0 aliphatic carbocycles. The van der Waals surface area contributed by atoms with E-state index in [0.29, 0.717) is 17.3 Å². The summed E-state index contributed by atoms with van der Waals surface area (Å²) in [4.78, 5) is 2.02. The summed E-state index contributed by atoms with van der Waals surface area (Å²) >= 11 is 0. The highest BCUT2D eigenvalue weighted by Crippen LogP contribution is 2.22. The molecule has 0 spiro atoms. The van der Waals surface area contributed by atoms with Gasteiger partial charge >= 0.3 is 0 Å². The second-order valence-corrected chi connectivity index (χ2v) is 4.81. The summed E-state index contributed by atoms with van der Waals surface area (Å²) < 4.78 is 0. The van der Waals surface area contributed by atoms with Crippen LogP contribution in [-0.4, -0.2) is 23.8 Å². The number of nitrogens with zero attached hydrogens (tertiary/aromatic N) is 1. The van der Waals surface area contributed by atoms with Gasteiger partial charge in [0.25, 0.3) is 0 Å². The highest BCUT2D eigenvalue weighted by atomic mass is 15.2. The van der Waals surface area contributed by atoms with Gasteiger partial charge in [0.05, 0.1) is 5.84 Å². The highest BCUT2D eigenvalue weighted by molar-refractivity contribution is 5.76. The average molecular weight is 170 g/mol. The summed E-state index contributed by atoms with van der Waals surface area (Å²) in [5, 5.41) is 7.46. The molecule has 0 bridgehead atoms. The van der Waals surface area contributed by atoms with E-state index in [0.717, 1.165) is 6.42 Å². The van der Waals surface area contributed by atoms with Crippen molar-refractivity contribution in [1.29, 1.82) is 5.41 Å². The maximum absolute atomic E-state index is 7.46. The van der Waals surface area contributed by atoms with Crippen molar-refractivity contribution >= 4 is 5.84 Å². The third-order valence-electron chi connectivity index (χ3n) is 2.10. The van der Waals surface area contributed by atoms with Crippen LogP contribution >= 0.6 is 0 Å². The molecule has 0 fully saturated rings. The smallest absolute Gasteiger partial charge is 0.0925 e. The quantitative estimate of drug-likeness (QED) is 0.500. The second-order valence-electron chi connectivity index (χ2n) is 4.81. The predicted molar refractivity (Wildman–Crippen MR) is 54.7 cm³/mol. The molecule has 2 heteroatoms. The average Bonchev–Trinajstić information content (AvgIpc) is 1.82. The van der Waals surface area contributed by atoms with E-state index in [4.69, 9.17) is 5.41 Å². The Hall–Kier alpha value is -0.530. The lowest BCUT2D eigenvalue weighted by molar-refractivity contribution is 0.260. The van der Waals surface area contributed by atoms with Crippen LogP contribution in [0.5, 0.6) is 0 Å². The zero-order chi connectivity index (χ0) is 9.94. The predicted octanol–water partition coefficient (Wildman–Crippen LogP) is 2.74. The molecule has 0 aromatic rings. The molecule has 0 rings (SSSR count). The fourth-order valence-corrected chi connectivity index (χ4v) is 1.35. The van der Waals surface area contributed by atoms with E-state index >= 15 is 0 Å². The molecule has 0 saturated carbocycles. The van der Waals surface area contributed by atoms with Gasteiger partial charge in [-0.25, -0.2) is 0 Å². The minimum atomic E-state index is 0.350. The van der Waals surface area contributed by atoms with Crippen molar-refractivity contribution in [1.82, 2.24) is 4.90 Å². The van der Waals surface area contributed by atoms with E-state index in [-0.39, 0.29) is 0 Å². The lowest BCUT2D eigenvalue weighted by Crippen LogP contribution is -2.35. The van der Waals surface area contributed by atoms with Gasteiger partial charge in [0.1, 0.15) is 0 Å². The van der Waals surface area contributed by atoms with Crippen LogP contribution < -0.4 is 0 Å². The Morgan fingerprint density at radius 3 is 2.08 bits per heavy atom. The first-order valence-corrected chi connectivity index (χ1v) is 4.52. The third-order valence-corrected chi connectivity index (χ3v) is 2.10. The number of nitrogens with one attached hydrogen (secondary N) is 1. The number of rotatable bonds is 2. The molecule has 72 valence electrons. The molecule has 0 aliphatic rings. The summed E-state index contributed by atoms with van der Waals surface area (Å²) in [6.07, 6.45) is 1.12. The molecular weight excluding hydrogens is 148 g/mol. The molecule has 0 heterocycles. The first-order valence-electron chi connectivity index (χ1n) is 4.52. The van der Waals surface area contributed by atoms with E-state index in [9.17, 15) is 0 Å². The summed E-state index contributed by atoms with van der Waals surface area (Å²) in [5.74, 6) is 0.645. The van der Waals surface area contributed by atoms with E-state index in [2.05, 4.69) is 27.7 Å². The van der Waals surface area contributed by atoms with Gasteiger partial charge in [-0.05, 0) is 25.7 Å². The molecule has 1 N–H and O–H groups in total. The van der Waals surface area contributed by atoms with Crippen LogP contribution in [0.4, 0.5) is 0 Å². The van der Waals surface area contributed by atoms with E-state index in [1.165, 1.54) is 0 Å². The minimum Gasteiger partial charge on any atom is -0.361 e. The lowest BCUT2D eigenvalue weighted by atomic mass is 9.88. The Kier molecular flexibility index (Phi) is 3.75. The molecule has 0 aliphatic heterocycles. The van der Waals surface area contributed by atoms with Gasteiger partial charge in [0, 0.05) is 13.1 Å². The molecule has 0 aromatic heterocycles. The van der Waals surface area contributed by atoms with Crippen molar-refractivity contribution < 1.29 is 0 Å². The van der Waals surface area contributed by atoms with Crippen LogP contribution in [0.15, 0.2) is 0 Å². The molecule has 0 amide bonds. The van der Waals surface area contributed by atoms with Crippen LogP contribution in [0, 0.1) is 10.8 Å². The van der Waals surface area contributed by atoms with Crippen LogP contribution in [0.1, 0.15) is 41.0 Å². The van der Waals surface area contributed by atoms with E-state index < -0.39 is 0 Å². The Bertz CT molecular complexity index is 156. The van der Waals surface area contributed by atoms with Gasteiger partial charge < -0.3 is 4.90 Å². The van der Waals surface area contributed by atoms with Gasteiger partial charge in [0.2, 0.25) is 0 Å². The van der Waals surface area contributed by atoms with Crippen molar-refractivity contribution in [3.63, 3.8) is 0 Å². The standard InChI is InChI=1S/C10H22N2/c1-8(7-10(3,4)5)12(6)9(2)11/h8,11H,7H2,1-6H3. The zero-order valence-corrected chi connectivity index (χ0v) is 9.23. The number of hydrogen-bond donors (Lipinski definition) is 1. The van der Waals surface area contributed by atoms with Crippen LogP contribution in [0.3, 0.4) is 0 Å². The maximum Gasteiger partial charge on any atom is 0.0925 e. The Morgan fingerprint density at radius 1 is 1.42 bits per heavy atom. The molecule has 12 heavy (non-hydrogen) atoms. The van der Waals surface area contributed by atoms with Gasteiger partial charge in [-0.3, -0.25) is 5.41 Å². The van der Waals surface area contributed by atoms with E-state index in [1.807, 2.05) is 18.9 Å². The summed E-state index contributed by atoms with van der Waals surface area (Å²) in [5.41, 5.74) is 0.350. The number of hydrogen-bond acceptors (Lipinski definition) is 1. The monoisotopic (exact) mass is 170 g/mol. The molecule has 0 radical (unpaired) electrons. The van der Waals surface area contributed by atoms with Crippen molar-refractivity contribution in [3.8, 4) is 0 Å². The SMILES string of the molecule is CC(=N)N(C)C(C)CC(C)(C)C. The maximum atomic E-state index is 7.46.